The number of carboxylic acids is 2. The lowest BCUT2D eigenvalue weighted by molar-refractivity contribution is -0.139. The molecule has 0 heterocycles. The molecule has 0 aromatic carbocycles. The Morgan fingerprint density at radius 2 is 1.47 bits per heavy atom. The van der Waals surface area contributed by atoms with Gasteiger partial charge in [0.25, 0.3) is 0 Å². The average molecular weight is 276 g/mol. The highest BCUT2D eigenvalue weighted by molar-refractivity contribution is 5.84. The van der Waals surface area contributed by atoms with E-state index >= 15 is 0 Å². The van der Waals surface area contributed by atoms with E-state index in [-0.39, 0.29) is 19.3 Å². The minimum Gasteiger partial charge on any atom is -0.480 e. The van der Waals surface area contributed by atoms with Crippen molar-refractivity contribution in [2.45, 2.75) is 25.4 Å². The number of aliphatic hydroxyl groups excluding tert-OH is 1. The molecule has 0 fully saturated rings. The number of aliphatic carboxylic acids is 2. The second-order valence-corrected chi connectivity index (χ2v) is 3.69. The highest BCUT2D eigenvalue weighted by Gasteiger charge is 2.15. The molecule has 19 heavy (non-hydrogen) atoms. The first-order valence-electron chi connectivity index (χ1n) is 5.49. The Bertz CT molecular complexity index is 356. The van der Waals surface area contributed by atoms with Gasteiger partial charge in [0.2, 0.25) is 11.8 Å². The van der Waals surface area contributed by atoms with E-state index in [0.717, 1.165) is 0 Å². The van der Waals surface area contributed by atoms with Crippen molar-refractivity contribution in [3.8, 4) is 0 Å². The van der Waals surface area contributed by atoms with E-state index in [1.54, 1.807) is 0 Å². The summed E-state index contributed by atoms with van der Waals surface area (Å²) in [5.74, 6) is -3.72. The normalized spacial score (nSPS) is 11.4. The van der Waals surface area contributed by atoms with Gasteiger partial charge in [0.1, 0.15) is 19.2 Å². The van der Waals surface area contributed by atoms with Crippen LogP contribution in [0.1, 0.15) is 19.3 Å². The average Bonchev–Trinajstić information content (AvgIpc) is 2.33. The summed E-state index contributed by atoms with van der Waals surface area (Å²) >= 11 is 0. The SMILES string of the molecule is O=C(O)CNC(=O)CCCC(O)C(=O)NCC(=O)O. The van der Waals surface area contributed by atoms with Crippen LogP contribution >= 0.6 is 0 Å². The third kappa shape index (κ3) is 9.53. The molecule has 0 saturated heterocycles. The second kappa shape index (κ2) is 8.86. The zero-order valence-corrected chi connectivity index (χ0v) is 10.1. The van der Waals surface area contributed by atoms with Crippen molar-refractivity contribution in [2.24, 2.45) is 0 Å². The molecule has 1 atom stereocenters. The van der Waals surface area contributed by atoms with Gasteiger partial charge in [-0.2, -0.15) is 0 Å². The fraction of sp³-hybridized carbons (Fsp3) is 0.600. The summed E-state index contributed by atoms with van der Waals surface area (Å²) in [5, 5.41) is 30.0. The van der Waals surface area contributed by atoms with Crippen LogP contribution < -0.4 is 10.6 Å². The van der Waals surface area contributed by atoms with Crippen LogP contribution in [0.2, 0.25) is 0 Å². The monoisotopic (exact) mass is 276 g/mol. The molecule has 0 aromatic rings. The third-order valence-electron chi connectivity index (χ3n) is 2.03. The Labute approximate surface area is 108 Å². The maximum Gasteiger partial charge on any atom is 0.322 e. The lowest BCUT2D eigenvalue weighted by Gasteiger charge is -2.09. The molecule has 2 amide bonds. The van der Waals surface area contributed by atoms with E-state index in [9.17, 15) is 24.3 Å². The van der Waals surface area contributed by atoms with Crippen molar-refractivity contribution in [3.63, 3.8) is 0 Å². The Balaban J connectivity index is 3.75. The lowest BCUT2D eigenvalue weighted by atomic mass is 10.1. The number of carboxylic acid groups (broad SMARTS) is 2. The van der Waals surface area contributed by atoms with E-state index < -0.39 is 42.9 Å². The molecule has 0 aliphatic rings. The van der Waals surface area contributed by atoms with Gasteiger partial charge in [-0.05, 0) is 12.8 Å². The van der Waals surface area contributed by atoms with Gasteiger partial charge in [-0.1, -0.05) is 0 Å². The number of hydrogen-bond acceptors (Lipinski definition) is 5. The largest absolute Gasteiger partial charge is 0.480 e. The third-order valence-corrected chi connectivity index (χ3v) is 2.03. The summed E-state index contributed by atoms with van der Waals surface area (Å²) in [5.41, 5.74) is 0. The van der Waals surface area contributed by atoms with Crippen molar-refractivity contribution in [1.82, 2.24) is 10.6 Å². The number of carbonyl (C=O) groups excluding carboxylic acids is 2. The predicted molar refractivity (Wildman–Crippen MR) is 61.1 cm³/mol. The Morgan fingerprint density at radius 1 is 0.947 bits per heavy atom. The molecule has 0 aliphatic carbocycles. The standard InChI is InChI=1S/C10H16N2O7/c13-6(10(19)12-5-9(17)18)2-1-3-7(14)11-4-8(15)16/h6,13H,1-5H2,(H,11,14)(H,12,19)(H,15,16)(H,17,18). The Hall–Kier alpha value is -2.16. The zero-order chi connectivity index (χ0) is 14.8. The predicted octanol–water partition coefficient (Wildman–Crippen LogP) is -2.08. The molecule has 5 N–H and O–H groups in total. The fourth-order valence-corrected chi connectivity index (χ4v) is 1.13. The molecular weight excluding hydrogens is 260 g/mol. The van der Waals surface area contributed by atoms with Gasteiger partial charge in [-0.3, -0.25) is 19.2 Å². The molecule has 0 bridgehead atoms. The van der Waals surface area contributed by atoms with Crippen LogP contribution in [0.3, 0.4) is 0 Å². The second-order valence-electron chi connectivity index (χ2n) is 3.69. The highest BCUT2D eigenvalue weighted by atomic mass is 16.4. The van der Waals surface area contributed by atoms with Gasteiger partial charge in [-0.15, -0.1) is 0 Å². The van der Waals surface area contributed by atoms with Gasteiger partial charge in [0, 0.05) is 6.42 Å². The topological polar surface area (TPSA) is 153 Å². The molecule has 0 aliphatic heterocycles. The fourth-order valence-electron chi connectivity index (χ4n) is 1.13. The molecule has 108 valence electrons. The quantitative estimate of drug-likeness (QED) is 0.324. The minimum atomic E-state index is -1.40. The van der Waals surface area contributed by atoms with Crippen molar-refractivity contribution >= 4 is 23.8 Å². The van der Waals surface area contributed by atoms with E-state index in [1.807, 2.05) is 5.32 Å². The lowest BCUT2D eigenvalue weighted by Crippen LogP contribution is -2.37. The maximum absolute atomic E-state index is 11.1. The summed E-state index contributed by atoms with van der Waals surface area (Å²) < 4.78 is 0. The molecule has 0 saturated carbocycles. The minimum absolute atomic E-state index is 0.0219. The molecule has 9 heteroatoms. The summed E-state index contributed by atoms with van der Waals surface area (Å²) in [7, 11) is 0. The smallest absolute Gasteiger partial charge is 0.322 e. The van der Waals surface area contributed by atoms with Crippen molar-refractivity contribution in [3.05, 3.63) is 0 Å². The first-order chi connectivity index (χ1) is 8.82. The number of amides is 2. The zero-order valence-electron chi connectivity index (χ0n) is 10.1. The van der Waals surface area contributed by atoms with Crippen LogP contribution in [0, 0.1) is 0 Å². The molecular formula is C10H16N2O7. The summed E-state index contributed by atoms with van der Waals surface area (Å²) in [6, 6.07) is 0. The number of hydrogen-bond donors (Lipinski definition) is 5. The van der Waals surface area contributed by atoms with E-state index in [0.29, 0.717) is 0 Å². The first-order valence-corrected chi connectivity index (χ1v) is 5.49. The van der Waals surface area contributed by atoms with Crippen LogP contribution in [0.5, 0.6) is 0 Å². The van der Waals surface area contributed by atoms with Crippen molar-refractivity contribution in [2.75, 3.05) is 13.1 Å². The molecule has 0 radical (unpaired) electrons. The van der Waals surface area contributed by atoms with Gasteiger partial charge >= 0.3 is 11.9 Å². The van der Waals surface area contributed by atoms with Crippen LogP contribution in [-0.2, 0) is 19.2 Å². The van der Waals surface area contributed by atoms with Gasteiger partial charge in [0.15, 0.2) is 0 Å². The molecule has 0 aromatic heterocycles. The van der Waals surface area contributed by atoms with Crippen LogP contribution in [0.15, 0.2) is 0 Å². The molecule has 9 nitrogen and oxygen atoms in total. The molecule has 0 rings (SSSR count). The molecule has 0 spiro atoms. The highest BCUT2D eigenvalue weighted by Crippen LogP contribution is 2.01. The Morgan fingerprint density at radius 3 is 2.00 bits per heavy atom. The van der Waals surface area contributed by atoms with E-state index in [1.165, 1.54) is 0 Å². The van der Waals surface area contributed by atoms with Gasteiger partial charge in [-0.25, -0.2) is 0 Å². The van der Waals surface area contributed by atoms with Crippen LogP contribution in [-0.4, -0.2) is 58.3 Å². The van der Waals surface area contributed by atoms with Gasteiger partial charge < -0.3 is 26.0 Å². The van der Waals surface area contributed by atoms with Gasteiger partial charge in [0.05, 0.1) is 0 Å². The number of carbonyl (C=O) groups is 4. The summed E-state index contributed by atoms with van der Waals surface area (Å²) in [6.45, 7) is -1.07. The van der Waals surface area contributed by atoms with E-state index in [2.05, 4.69) is 5.32 Å². The summed E-state index contributed by atoms with van der Waals surface area (Å²) in [4.78, 5) is 42.5. The number of nitrogens with one attached hydrogen (secondary N) is 2. The molecule has 1 unspecified atom stereocenters. The van der Waals surface area contributed by atoms with Crippen LogP contribution in [0.25, 0.3) is 0 Å². The van der Waals surface area contributed by atoms with Crippen molar-refractivity contribution in [1.29, 1.82) is 0 Å². The Kier molecular flexibility index (Phi) is 7.85. The number of rotatable bonds is 9. The van der Waals surface area contributed by atoms with Crippen molar-refractivity contribution < 1.29 is 34.5 Å². The van der Waals surface area contributed by atoms with Crippen LogP contribution in [0.4, 0.5) is 0 Å². The first kappa shape index (κ1) is 16.8. The number of aliphatic hydroxyl groups is 1. The maximum atomic E-state index is 11.1. The van der Waals surface area contributed by atoms with E-state index in [4.69, 9.17) is 10.2 Å². The summed E-state index contributed by atoms with van der Waals surface area (Å²) in [6.07, 6.45) is -1.28.